The summed E-state index contributed by atoms with van der Waals surface area (Å²) < 4.78 is 5.19. The van der Waals surface area contributed by atoms with Gasteiger partial charge in [0.25, 0.3) is 0 Å². The lowest BCUT2D eigenvalue weighted by atomic mass is 10.2. The molecule has 0 unspecified atom stereocenters. The molecule has 3 heteroatoms. The smallest absolute Gasteiger partial charge is 0.334 e. The van der Waals surface area contributed by atoms with Crippen LogP contribution in [0, 0.1) is 0 Å². The monoisotopic (exact) mass is 206 g/mol. The minimum absolute atomic E-state index is 0.176. The first kappa shape index (κ1) is 11.3. The van der Waals surface area contributed by atoms with Crippen LogP contribution in [0.25, 0.3) is 0 Å². The summed E-state index contributed by atoms with van der Waals surface area (Å²) >= 11 is 0. The maximum absolute atomic E-state index is 10.5. The highest BCUT2D eigenvalue weighted by molar-refractivity contribution is 5.85. The van der Waals surface area contributed by atoms with Crippen molar-refractivity contribution < 1.29 is 14.6 Å². The van der Waals surface area contributed by atoms with Crippen molar-refractivity contribution in [2.75, 3.05) is 0 Å². The van der Waals surface area contributed by atoms with E-state index in [1.807, 2.05) is 24.3 Å². The van der Waals surface area contributed by atoms with E-state index in [9.17, 15) is 4.79 Å². The summed E-state index contributed by atoms with van der Waals surface area (Å²) in [6, 6.07) is 7.56. The first-order valence-corrected chi connectivity index (χ1v) is 4.79. The normalized spacial score (nSPS) is 11.2. The molecule has 0 bridgehead atoms. The maximum Gasteiger partial charge on any atom is 0.334 e. The summed E-state index contributed by atoms with van der Waals surface area (Å²) in [5.41, 5.74) is 1.40. The molecule has 80 valence electrons. The fourth-order valence-corrected chi connectivity index (χ4v) is 1.01. The van der Waals surface area contributed by atoms with Crippen molar-refractivity contribution in [1.29, 1.82) is 0 Å². The molecular formula is C12H14O3. The third kappa shape index (κ3) is 3.46. The Kier molecular flexibility index (Phi) is 3.92. The van der Waals surface area contributed by atoms with Crippen molar-refractivity contribution in [1.82, 2.24) is 0 Å². The van der Waals surface area contributed by atoms with Crippen molar-refractivity contribution in [2.45, 2.75) is 20.3 Å². The minimum atomic E-state index is -0.972. The third-order valence-electron chi connectivity index (χ3n) is 2.04. The second kappa shape index (κ2) is 5.20. The van der Waals surface area contributed by atoms with Crippen molar-refractivity contribution in [2.24, 2.45) is 0 Å². The van der Waals surface area contributed by atoms with E-state index in [1.165, 1.54) is 18.7 Å². The number of ether oxygens (including phenoxy) is 1. The van der Waals surface area contributed by atoms with Crippen molar-refractivity contribution >= 4 is 5.97 Å². The van der Waals surface area contributed by atoms with Gasteiger partial charge in [-0.15, -0.1) is 0 Å². The molecule has 0 aliphatic heterocycles. The van der Waals surface area contributed by atoms with Gasteiger partial charge in [0.2, 0.25) is 0 Å². The van der Waals surface area contributed by atoms with Crippen LogP contribution in [0.3, 0.4) is 0 Å². The van der Waals surface area contributed by atoms with Gasteiger partial charge < -0.3 is 9.84 Å². The van der Waals surface area contributed by atoms with Crippen LogP contribution in [0.2, 0.25) is 0 Å². The molecule has 0 atom stereocenters. The highest BCUT2D eigenvalue weighted by atomic mass is 16.5. The van der Waals surface area contributed by atoms with Crippen LogP contribution in [-0.2, 0) is 11.2 Å². The SMILES string of the molecule is CCc1ccc(OC=C(C)C(=O)O)cc1. The Labute approximate surface area is 89.0 Å². The van der Waals surface area contributed by atoms with E-state index in [-0.39, 0.29) is 5.57 Å². The second-order valence-electron chi connectivity index (χ2n) is 3.22. The first-order valence-electron chi connectivity index (χ1n) is 4.79. The number of rotatable bonds is 4. The van der Waals surface area contributed by atoms with E-state index in [0.29, 0.717) is 5.75 Å². The molecule has 0 radical (unpaired) electrons. The van der Waals surface area contributed by atoms with Crippen LogP contribution in [0.15, 0.2) is 36.1 Å². The second-order valence-corrected chi connectivity index (χ2v) is 3.22. The maximum atomic E-state index is 10.5. The molecule has 0 aromatic heterocycles. The average molecular weight is 206 g/mol. The van der Waals surface area contributed by atoms with Gasteiger partial charge in [0.05, 0.1) is 5.57 Å². The molecule has 0 aliphatic rings. The van der Waals surface area contributed by atoms with E-state index >= 15 is 0 Å². The van der Waals surface area contributed by atoms with Gasteiger partial charge in [-0.1, -0.05) is 19.1 Å². The van der Waals surface area contributed by atoms with E-state index in [1.54, 1.807) is 0 Å². The van der Waals surface area contributed by atoms with E-state index < -0.39 is 5.97 Å². The molecule has 1 aromatic carbocycles. The quantitative estimate of drug-likeness (QED) is 0.608. The standard InChI is InChI=1S/C12H14O3/c1-3-10-4-6-11(7-5-10)15-8-9(2)12(13)14/h4-8H,3H2,1-2H3,(H,13,14). The number of aryl methyl sites for hydroxylation is 1. The van der Waals surface area contributed by atoms with Gasteiger partial charge in [-0.2, -0.15) is 0 Å². The zero-order valence-corrected chi connectivity index (χ0v) is 8.86. The average Bonchev–Trinajstić information content (AvgIpc) is 2.26. The lowest BCUT2D eigenvalue weighted by molar-refractivity contribution is -0.132. The number of carbonyl (C=O) groups is 1. The molecule has 0 saturated heterocycles. The summed E-state index contributed by atoms with van der Waals surface area (Å²) in [5, 5.41) is 8.59. The van der Waals surface area contributed by atoms with Gasteiger partial charge in [0.1, 0.15) is 12.0 Å². The Balaban J connectivity index is 2.66. The predicted molar refractivity (Wildman–Crippen MR) is 57.8 cm³/mol. The molecule has 0 spiro atoms. The Morgan fingerprint density at radius 3 is 2.47 bits per heavy atom. The van der Waals surface area contributed by atoms with Gasteiger partial charge in [0.15, 0.2) is 0 Å². The van der Waals surface area contributed by atoms with Crippen LogP contribution < -0.4 is 4.74 Å². The third-order valence-corrected chi connectivity index (χ3v) is 2.04. The molecular weight excluding hydrogens is 192 g/mol. The Morgan fingerprint density at radius 2 is 2.00 bits per heavy atom. The number of hydrogen-bond acceptors (Lipinski definition) is 2. The Bertz CT molecular complexity index is 363. The molecule has 1 aromatic rings. The van der Waals surface area contributed by atoms with E-state index in [2.05, 4.69) is 6.92 Å². The molecule has 1 N–H and O–H groups in total. The summed E-state index contributed by atoms with van der Waals surface area (Å²) in [7, 11) is 0. The number of aliphatic carboxylic acids is 1. The van der Waals surface area contributed by atoms with E-state index in [4.69, 9.17) is 9.84 Å². The van der Waals surface area contributed by atoms with Gasteiger partial charge in [0, 0.05) is 0 Å². The number of hydrogen-bond donors (Lipinski definition) is 1. The molecule has 0 heterocycles. The summed E-state index contributed by atoms with van der Waals surface area (Å²) in [4.78, 5) is 10.5. The van der Waals surface area contributed by atoms with Crippen LogP contribution in [0.4, 0.5) is 0 Å². The zero-order valence-electron chi connectivity index (χ0n) is 8.86. The van der Waals surface area contributed by atoms with Crippen LogP contribution in [0.5, 0.6) is 5.75 Å². The molecule has 0 amide bonds. The number of carboxylic acid groups (broad SMARTS) is 1. The lowest BCUT2D eigenvalue weighted by Gasteiger charge is -2.02. The summed E-state index contributed by atoms with van der Waals surface area (Å²) in [6.07, 6.45) is 2.22. The number of carboxylic acids is 1. The minimum Gasteiger partial charge on any atom is -0.478 e. The van der Waals surface area contributed by atoms with Gasteiger partial charge in [-0.25, -0.2) is 4.79 Å². The van der Waals surface area contributed by atoms with Crippen LogP contribution in [-0.4, -0.2) is 11.1 Å². The predicted octanol–water partition coefficient (Wildman–Crippen LogP) is 2.62. The molecule has 15 heavy (non-hydrogen) atoms. The van der Waals surface area contributed by atoms with Gasteiger partial charge >= 0.3 is 5.97 Å². The fraction of sp³-hybridized carbons (Fsp3) is 0.250. The Morgan fingerprint density at radius 1 is 1.40 bits per heavy atom. The summed E-state index contributed by atoms with van der Waals surface area (Å²) in [5.74, 6) is -0.326. The zero-order chi connectivity index (χ0) is 11.3. The summed E-state index contributed by atoms with van der Waals surface area (Å²) in [6.45, 7) is 3.56. The molecule has 3 nitrogen and oxygen atoms in total. The van der Waals surface area contributed by atoms with Crippen molar-refractivity contribution in [3.8, 4) is 5.75 Å². The molecule has 0 saturated carbocycles. The molecule has 0 fully saturated rings. The lowest BCUT2D eigenvalue weighted by Crippen LogP contribution is -1.98. The largest absolute Gasteiger partial charge is 0.478 e. The van der Waals surface area contributed by atoms with Crippen molar-refractivity contribution in [3.05, 3.63) is 41.7 Å². The van der Waals surface area contributed by atoms with Gasteiger partial charge in [-0.3, -0.25) is 0 Å². The Hall–Kier alpha value is -1.77. The fourth-order valence-electron chi connectivity index (χ4n) is 1.01. The van der Waals surface area contributed by atoms with Gasteiger partial charge in [-0.05, 0) is 31.0 Å². The first-order chi connectivity index (χ1) is 7.13. The van der Waals surface area contributed by atoms with E-state index in [0.717, 1.165) is 6.42 Å². The molecule has 1 rings (SSSR count). The number of benzene rings is 1. The van der Waals surface area contributed by atoms with Crippen molar-refractivity contribution in [3.63, 3.8) is 0 Å². The topological polar surface area (TPSA) is 46.5 Å². The highest BCUT2D eigenvalue weighted by Crippen LogP contribution is 2.13. The van der Waals surface area contributed by atoms with Crippen LogP contribution in [0.1, 0.15) is 19.4 Å². The van der Waals surface area contributed by atoms with Crippen LogP contribution >= 0.6 is 0 Å². The highest BCUT2D eigenvalue weighted by Gasteiger charge is 1.99. The molecule has 0 aliphatic carbocycles.